The molecule has 1 saturated heterocycles. The van der Waals surface area contributed by atoms with E-state index in [1.807, 2.05) is 0 Å². The van der Waals surface area contributed by atoms with Crippen LogP contribution in [0.5, 0.6) is 5.75 Å². The van der Waals surface area contributed by atoms with E-state index in [0.29, 0.717) is 18.2 Å². The fraction of sp³-hybridized carbons (Fsp3) is 0.500. The summed E-state index contributed by atoms with van der Waals surface area (Å²) in [5.41, 5.74) is 2.52. The smallest absolute Gasteiger partial charge is 0.280 e. The lowest BCUT2D eigenvalue weighted by molar-refractivity contribution is -0.00184. The van der Waals surface area contributed by atoms with E-state index in [-0.39, 0.29) is 16.3 Å². The molecule has 1 aliphatic rings. The maximum atomic E-state index is 12.2. The molecule has 0 radical (unpaired) electrons. The number of rotatable bonds is 6. The molecule has 1 amide bonds. The summed E-state index contributed by atoms with van der Waals surface area (Å²) < 4.78 is 10.4. The molecule has 6 nitrogen and oxygen atoms in total. The first kappa shape index (κ1) is 17.3. The third-order valence-corrected chi connectivity index (χ3v) is 3.88. The van der Waals surface area contributed by atoms with Crippen LogP contribution < -0.4 is 10.2 Å². The molecule has 122 valence electrons. The monoisotopic (exact) mass is 348 g/mol. The molecular weight excluding hydrogens is 331 g/mol. The standard InChI is InChI=1S/C14H18Cl2N2O4/c1-20-13-11(16)3-2-10(15)12(13)14(19)17-22-9-6-18-4-7-21-8-5-18/h2-3H,4-9H2,1H3,(H,17,19). The molecule has 0 atom stereocenters. The van der Waals surface area contributed by atoms with Gasteiger partial charge in [-0.05, 0) is 12.1 Å². The normalized spacial score (nSPS) is 15.6. The van der Waals surface area contributed by atoms with E-state index in [1.165, 1.54) is 13.2 Å². The van der Waals surface area contributed by atoms with Crippen molar-refractivity contribution in [1.29, 1.82) is 0 Å². The van der Waals surface area contributed by atoms with Crippen molar-refractivity contribution in [1.82, 2.24) is 10.4 Å². The van der Waals surface area contributed by atoms with Crippen molar-refractivity contribution in [3.8, 4) is 5.75 Å². The zero-order valence-electron chi connectivity index (χ0n) is 12.2. The Morgan fingerprint density at radius 2 is 2.00 bits per heavy atom. The molecule has 1 N–H and O–H groups in total. The van der Waals surface area contributed by atoms with Crippen LogP contribution in [0.15, 0.2) is 12.1 Å². The number of amides is 1. The summed E-state index contributed by atoms with van der Waals surface area (Å²) in [5, 5.41) is 0.556. The number of hydroxylamine groups is 1. The van der Waals surface area contributed by atoms with Gasteiger partial charge in [0, 0.05) is 19.6 Å². The average Bonchev–Trinajstić information content (AvgIpc) is 2.54. The highest BCUT2D eigenvalue weighted by molar-refractivity contribution is 6.37. The number of nitrogens with zero attached hydrogens (tertiary/aromatic N) is 1. The van der Waals surface area contributed by atoms with Crippen LogP contribution in [0.4, 0.5) is 0 Å². The Balaban J connectivity index is 1.86. The van der Waals surface area contributed by atoms with Gasteiger partial charge in [-0.2, -0.15) is 0 Å². The van der Waals surface area contributed by atoms with Crippen LogP contribution in [0.25, 0.3) is 0 Å². The third kappa shape index (κ3) is 4.47. The second-order valence-corrected chi connectivity index (χ2v) is 5.49. The van der Waals surface area contributed by atoms with Crippen molar-refractivity contribution < 1.29 is 19.1 Å². The van der Waals surface area contributed by atoms with Crippen LogP contribution in [0, 0.1) is 0 Å². The summed E-state index contributed by atoms with van der Waals surface area (Å²) in [7, 11) is 1.42. The lowest BCUT2D eigenvalue weighted by Crippen LogP contribution is -2.39. The number of hydrogen-bond donors (Lipinski definition) is 1. The first-order chi connectivity index (χ1) is 10.6. The summed E-state index contributed by atoms with van der Waals surface area (Å²) in [6, 6.07) is 3.10. The molecule has 0 saturated carbocycles. The predicted molar refractivity (Wildman–Crippen MR) is 83.7 cm³/mol. The van der Waals surface area contributed by atoms with Gasteiger partial charge in [0.25, 0.3) is 5.91 Å². The van der Waals surface area contributed by atoms with Gasteiger partial charge in [-0.1, -0.05) is 23.2 Å². The molecule has 1 fully saturated rings. The van der Waals surface area contributed by atoms with Crippen molar-refractivity contribution in [2.24, 2.45) is 0 Å². The van der Waals surface area contributed by atoms with E-state index in [9.17, 15) is 4.79 Å². The molecule has 1 aromatic carbocycles. The highest BCUT2D eigenvalue weighted by atomic mass is 35.5. The van der Waals surface area contributed by atoms with Gasteiger partial charge < -0.3 is 9.47 Å². The third-order valence-electron chi connectivity index (χ3n) is 3.27. The zero-order chi connectivity index (χ0) is 15.9. The molecule has 0 unspecified atom stereocenters. The second kappa shape index (κ2) is 8.55. The second-order valence-electron chi connectivity index (χ2n) is 4.67. The van der Waals surface area contributed by atoms with Crippen LogP contribution >= 0.6 is 23.2 Å². The first-order valence-corrected chi connectivity index (χ1v) is 7.63. The molecule has 1 aliphatic heterocycles. The Labute approximate surface area is 139 Å². The number of benzene rings is 1. The van der Waals surface area contributed by atoms with E-state index in [4.69, 9.17) is 37.5 Å². The number of morpholine rings is 1. The molecule has 1 heterocycles. The molecule has 0 aromatic heterocycles. The van der Waals surface area contributed by atoms with E-state index in [1.54, 1.807) is 6.07 Å². The van der Waals surface area contributed by atoms with Crippen LogP contribution in [-0.4, -0.2) is 57.4 Å². The maximum absolute atomic E-state index is 12.2. The Morgan fingerprint density at radius 3 is 2.68 bits per heavy atom. The largest absolute Gasteiger partial charge is 0.494 e. The van der Waals surface area contributed by atoms with Gasteiger partial charge in [-0.25, -0.2) is 5.48 Å². The predicted octanol–water partition coefficient (Wildman–Crippen LogP) is 2.00. The number of methoxy groups -OCH3 is 1. The highest BCUT2D eigenvalue weighted by Gasteiger charge is 2.19. The molecule has 0 spiro atoms. The van der Waals surface area contributed by atoms with Crippen LogP contribution in [-0.2, 0) is 9.57 Å². The van der Waals surface area contributed by atoms with Gasteiger partial charge in [0.2, 0.25) is 0 Å². The van der Waals surface area contributed by atoms with Crippen molar-refractivity contribution in [3.63, 3.8) is 0 Å². The van der Waals surface area contributed by atoms with Gasteiger partial charge in [0.05, 0.1) is 37.0 Å². The minimum atomic E-state index is -0.494. The van der Waals surface area contributed by atoms with E-state index < -0.39 is 5.91 Å². The van der Waals surface area contributed by atoms with Gasteiger partial charge >= 0.3 is 0 Å². The minimum absolute atomic E-state index is 0.156. The minimum Gasteiger partial charge on any atom is -0.494 e. The molecule has 22 heavy (non-hydrogen) atoms. The van der Waals surface area contributed by atoms with Gasteiger partial charge in [0.1, 0.15) is 5.56 Å². The lowest BCUT2D eigenvalue weighted by Gasteiger charge is -2.26. The number of carbonyl (C=O) groups excluding carboxylic acids is 1. The van der Waals surface area contributed by atoms with Crippen molar-refractivity contribution >= 4 is 29.1 Å². The quantitative estimate of drug-likeness (QED) is 0.629. The fourth-order valence-electron chi connectivity index (χ4n) is 2.11. The summed E-state index contributed by atoms with van der Waals surface area (Å²) >= 11 is 12.0. The summed E-state index contributed by atoms with van der Waals surface area (Å²) in [6.45, 7) is 4.26. The van der Waals surface area contributed by atoms with Gasteiger partial charge in [-0.15, -0.1) is 0 Å². The Hall–Kier alpha value is -1.05. The Kier molecular flexibility index (Phi) is 6.72. The number of hydrogen-bond acceptors (Lipinski definition) is 5. The van der Waals surface area contributed by atoms with Crippen LogP contribution in [0.3, 0.4) is 0 Å². The number of nitrogens with one attached hydrogen (secondary N) is 1. The SMILES string of the molecule is COc1c(Cl)ccc(Cl)c1C(=O)NOCCN1CCOCC1. The van der Waals surface area contributed by atoms with Crippen molar-refractivity contribution in [2.75, 3.05) is 46.6 Å². The maximum Gasteiger partial charge on any atom is 0.280 e. The molecule has 2 rings (SSSR count). The Bertz CT molecular complexity index is 522. The van der Waals surface area contributed by atoms with Gasteiger partial charge in [-0.3, -0.25) is 14.5 Å². The number of ether oxygens (including phenoxy) is 2. The lowest BCUT2D eigenvalue weighted by atomic mass is 10.2. The van der Waals surface area contributed by atoms with Crippen molar-refractivity contribution in [3.05, 3.63) is 27.7 Å². The first-order valence-electron chi connectivity index (χ1n) is 6.87. The molecule has 8 heteroatoms. The molecular formula is C14H18Cl2N2O4. The number of halogens is 2. The molecule has 0 aliphatic carbocycles. The van der Waals surface area contributed by atoms with Crippen molar-refractivity contribution in [2.45, 2.75) is 0 Å². The topological polar surface area (TPSA) is 60.0 Å². The molecule has 0 bridgehead atoms. The van der Waals surface area contributed by atoms with Crippen LogP contribution in [0.2, 0.25) is 10.0 Å². The molecule has 1 aromatic rings. The van der Waals surface area contributed by atoms with E-state index >= 15 is 0 Å². The van der Waals surface area contributed by atoms with Crippen LogP contribution in [0.1, 0.15) is 10.4 Å². The summed E-state index contributed by atoms with van der Waals surface area (Å²) in [4.78, 5) is 19.6. The summed E-state index contributed by atoms with van der Waals surface area (Å²) in [6.07, 6.45) is 0. The highest BCUT2D eigenvalue weighted by Crippen LogP contribution is 2.33. The fourth-order valence-corrected chi connectivity index (χ4v) is 2.58. The number of carbonyl (C=O) groups is 1. The van der Waals surface area contributed by atoms with Gasteiger partial charge in [0.15, 0.2) is 5.75 Å². The van der Waals surface area contributed by atoms with E-state index in [2.05, 4.69) is 10.4 Å². The zero-order valence-corrected chi connectivity index (χ0v) is 13.7. The summed E-state index contributed by atoms with van der Waals surface area (Å²) in [5.74, 6) is -0.269. The average molecular weight is 349 g/mol. The van der Waals surface area contributed by atoms with E-state index in [0.717, 1.165) is 26.3 Å². The Morgan fingerprint density at radius 1 is 1.32 bits per heavy atom.